The van der Waals surface area contributed by atoms with Crippen molar-refractivity contribution in [3.8, 4) is 5.69 Å². The van der Waals surface area contributed by atoms with Crippen molar-refractivity contribution in [2.45, 2.75) is 10.1 Å². The summed E-state index contributed by atoms with van der Waals surface area (Å²) in [7, 11) is -3.84. The Morgan fingerprint density at radius 3 is 2.85 bits per heavy atom. The van der Waals surface area contributed by atoms with Gasteiger partial charge in [-0.2, -0.15) is 4.68 Å². The molecule has 0 bridgehead atoms. The summed E-state index contributed by atoms with van der Waals surface area (Å²) < 4.78 is 23.8. The smallest absolute Gasteiger partial charge is 0.313 e. The summed E-state index contributed by atoms with van der Waals surface area (Å²) in [5.74, 6) is -1.22. The average molecular weight is 315 g/mol. The standard InChI is InChI=1S/C9H9N5O4S2/c10-20(17,18)7-3-1-2-6(4-7)14-9(11-12-13-14)19-5-8(15)16/h1-4H,5H2,(H,15,16)(H2,10,17,18). The summed E-state index contributed by atoms with van der Waals surface area (Å²) in [6.45, 7) is 0. The molecule has 11 heteroatoms. The lowest BCUT2D eigenvalue weighted by molar-refractivity contribution is -0.133. The van der Waals surface area contributed by atoms with Crippen molar-refractivity contribution in [1.29, 1.82) is 0 Å². The molecule has 2 aromatic rings. The first-order valence-electron chi connectivity index (χ1n) is 5.14. The highest BCUT2D eigenvalue weighted by Gasteiger charge is 2.13. The number of hydrogen-bond donors (Lipinski definition) is 2. The molecule has 0 spiro atoms. The van der Waals surface area contributed by atoms with Crippen LogP contribution in [0.3, 0.4) is 0 Å². The van der Waals surface area contributed by atoms with Crippen LogP contribution in [0.5, 0.6) is 0 Å². The van der Waals surface area contributed by atoms with Gasteiger partial charge in [-0.25, -0.2) is 13.6 Å². The maximum atomic E-state index is 11.3. The Kier molecular flexibility index (Phi) is 4.01. The van der Waals surface area contributed by atoms with Crippen molar-refractivity contribution in [3.05, 3.63) is 24.3 Å². The molecule has 0 aliphatic heterocycles. The Balaban J connectivity index is 2.38. The SMILES string of the molecule is NS(=O)(=O)c1cccc(-n2nnnc2SCC(=O)O)c1. The number of primary sulfonamides is 1. The maximum Gasteiger partial charge on any atom is 0.313 e. The van der Waals surface area contributed by atoms with Crippen LogP contribution < -0.4 is 5.14 Å². The van der Waals surface area contributed by atoms with Gasteiger partial charge in [-0.1, -0.05) is 17.8 Å². The van der Waals surface area contributed by atoms with Gasteiger partial charge in [0.25, 0.3) is 0 Å². The Hall–Kier alpha value is -1.98. The molecule has 20 heavy (non-hydrogen) atoms. The number of aliphatic carboxylic acids is 1. The molecule has 9 nitrogen and oxygen atoms in total. The van der Waals surface area contributed by atoms with Crippen molar-refractivity contribution in [2.75, 3.05) is 5.75 Å². The first-order chi connectivity index (χ1) is 9.38. The number of thioether (sulfide) groups is 1. The van der Waals surface area contributed by atoms with E-state index in [1.807, 2.05) is 0 Å². The van der Waals surface area contributed by atoms with Gasteiger partial charge in [0.1, 0.15) is 0 Å². The van der Waals surface area contributed by atoms with E-state index in [1.165, 1.54) is 22.9 Å². The first-order valence-corrected chi connectivity index (χ1v) is 7.67. The fourth-order valence-electron chi connectivity index (χ4n) is 1.35. The zero-order valence-electron chi connectivity index (χ0n) is 9.87. The molecule has 3 N–H and O–H groups in total. The van der Waals surface area contributed by atoms with Crippen molar-refractivity contribution in [1.82, 2.24) is 20.2 Å². The Morgan fingerprint density at radius 1 is 1.45 bits per heavy atom. The van der Waals surface area contributed by atoms with Gasteiger partial charge < -0.3 is 5.11 Å². The number of rotatable bonds is 5. The molecule has 0 saturated carbocycles. The number of benzene rings is 1. The normalized spacial score (nSPS) is 11.4. The lowest BCUT2D eigenvalue weighted by atomic mass is 10.3. The number of sulfonamides is 1. The predicted octanol–water partition coefficient (Wildman–Crippen LogP) is -0.514. The Morgan fingerprint density at radius 2 is 2.20 bits per heavy atom. The highest BCUT2D eigenvalue weighted by molar-refractivity contribution is 7.99. The van der Waals surface area contributed by atoms with Crippen molar-refractivity contribution >= 4 is 27.8 Å². The number of carboxylic acids is 1. The number of nitrogens with two attached hydrogens (primary N) is 1. The summed E-state index contributed by atoms with van der Waals surface area (Å²) >= 11 is 0.917. The van der Waals surface area contributed by atoms with E-state index in [1.54, 1.807) is 6.07 Å². The van der Waals surface area contributed by atoms with Crippen LogP contribution in [0.2, 0.25) is 0 Å². The van der Waals surface area contributed by atoms with Crippen LogP contribution in [0, 0.1) is 0 Å². The number of aromatic nitrogens is 4. The lowest BCUT2D eigenvalue weighted by Crippen LogP contribution is -2.12. The second-order valence-corrected chi connectivity index (χ2v) is 6.10. The van der Waals surface area contributed by atoms with E-state index in [9.17, 15) is 13.2 Å². The molecule has 1 heterocycles. The van der Waals surface area contributed by atoms with Crippen molar-refractivity contribution < 1.29 is 18.3 Å². The van der Waals surface area contributed by atoms with Crippen LogP contribution in [0.25, 0.3) is 5.69 Å². The quantitative estimate of drug-likeness (QED) is 0.702. The summed E-state index contributed by atoms with van der Waals surface area (Å²) in [5, 5.41) is 24.7. The van der Waals surface area contributed by atoms with Crippen LogP contribution in [0.4, 0.5) is 0 Å². The maximum absolute atomic E-state index is 11.3. The van der Waals surface area contributed by atoms with Crippen molar-refractivity contribution in [2.24, 2.45) is 5.14 Å². The summed E-state index contributed by atoms with van der Waals surface area (Å²) in [6, 6.07) is 5.71. The van der Waals surface area contributed by atoms with E-state index in [4.69, 9.17) is 10.2 Å². The van der Waals surface area contributed by atoms with Crippen LogP contribution in [-0.2, 0) is 14.8 Å². The molecule has 106 valence electrons. The Bertz CT molecular complexity index is 742. The van der Waals surface area contributed by atoms with Crippen LogP contribution in [0.1, 0.15) is 0 Å². The Labute approximate surface area is 117 Å². The predicted molar refractivity (Wildman–Crippen MR) is 68.9 cm³/mol. The fraction of sp³-hybridized carbons (Fsp3) is 0.111. The topological polar surface area (TPSA) is 141 Å². The van der Waals surface area contributed by atoms with Crippen LogP contribution in [-0.4, -0.2) is 45.5 Å². The highest BCUT2D eigenvalue weighted by Crippen LogP contribution is 2.19. The molecule has 1 aromatic heterocycles. The average Bonchev–Trinajstić information content (AvgIpc) is 2.83. The summed E-state index contributed by atoms with van der Waals surface area (Å²) in [4.78, 5) is 10.4. The molecule has 0 saturated heterocycles. The van der Waals surface area contributed by atoms with Crippen molar-refractivity contribution in [3.63, 3.8) is 0 Å². The zero-order chi connectivity index (χ0) is 14.8. The zero-order valence-corrected chi connectivity index (χ0v) is 11.5. The van der Waals surface area contributed by atoms with E-state index in [0.717, 1.165) is 11.8 Å². The van der Waals surface area contributed by atoms with E-state index >= 15 is 0 Å². The minimum absolute atomic E-state index is 0.0836. The second kappa shape index (κ2) is 5.56. The van der Waals surface area contributed by atoms with E-state index in [0.29, 0.717) is 5.69 Å². The van der Waals surface area contributed by atoms with E-state index in [2.05, 4.69) is 15.5 Å². The van der Waals surface area contributed by atoms with Gasteiger partial charge in [0, 0.05) is 0 Å². The molecule has 0 aliphatic rings. The molecule has 0 aliphatic carbocycles. The number of carbonyl (C=O) groups is 1. The largest absolute Gasteiger partial charge is 0.481 e. The molecule has 1 aromatic carbocycles. The molecule has 0 atom stereocenters. The highest BCUT2D eigenvalue weighted by atomic mass is 32.2. The first kappa shape index (κ1) is 14.4. The third-order valence-corrected chi connectivity index (χ3v) is 3.97. The minimum Gasteiger partial charge on any atom is -0.481 e. The fourth-order valence-corrected chi connectivity index (χ4v) is 2.51. The molecular formula is C9H9N5O4S2. The monoisotopic (exact) mass is 315 g/mol. The molecule has 0 amide bonds. The van der Waals surface area contributed by atoms with Gasteiger partial charge in [0.15, 0.2) is 0 Å². The van der Waals surface area contributed by atoms with Gasteiger partial charge in [-0.15, -0.1) is 5.10 Å². The summed E-state index contributed by atoms with van der Waals surface area (Å²) in [5.41, 5.74) is 0.370. The van der Waals surface area contributed by atoms with Crippen LogP contribution in [0.15, 0.2) is 34.3 Å². The molecule has 0 unspecified atom stereocenters. The number of carboxylic acid groups (broad SMARTS) is 1. The van der Waals surface area contributed by atoms with Gasteiger partial charge in [0.2, 0.25) is 15.2 Å². The third kappa shape index (κ3) is 3.31. The molecule has 0 radical (unpaired) electrons. The summed E-state index contributed by atoms with van der Waals surface area (Å²) in [6.07, 6.45) is 0. The van der Waals surface area contributed by atoms with E-state index < -0.39 is 16.0 Å². The van der Waals surface area contributed by atoms with E-state index in [-0.39, 0.29) is 15.8 Å². The number of nitrogens with zero attached hydrogens (tertiary/aromatic N) is 4. The molecular weight excluding hydrogens is 306 g/mol. The van der Waals surface area contributed by atoms with Crippen LogP contribution >= 0.6 is 11.8 Å². The molecule has 2 rings (SSSR count). The third-order valence-electron chi connectivity index (χ3n) is 2.16. The van der Waals surface area contributed by atoms with Gasteiger partial charge in [-0.3, -0.25) is 4.79 Å². The van der Waals surface area contributed by atoms with Gasteiger partial charge in [-0.05, 0) is 28.6 Å². The second-order valence-electron chi connectivity index (χ2n) is 3.60. The number of tetrazole rings is 1. The minimum atomic E-state index is -3.84. The lowest BCUT2D eigenvalue weighted by Gasteiger charge is -2.05. The molecule has 0 fully saturated rings. The van der Waals surface area contributed by atoms with Gasteiger partial charge in [0.05, 0.1) is 16.3 Å². The number of hydrogen-bond acceptors (Lipinski definition) is 7. The van der Waals surface area contributed by atoms with Gasteiger partial charge >= 0.3 is 5.97 Å².